The number of hydrogen-bond donors (Lipinski definition) is 1. The van der Waals surface area contributed by atoms with Crippen molar-refractivity contribution in [2.24, 2.45) is 11.7 Å². The van der Waals surface area contributed by atoms with E-state index in [1.807, 2.05) is 13.8 Å². The van der Waals surface area contributed by atoms with E-state index >= 15 is 0 Å². The van der Waals surface area contributed by atoms with Gasteiger partial charge in [-0.25, -0.2) is 8.42 Å². The van der Waals surface area contributed by atoms with Crippen LogP contribution in [0.25, 0.3) is 0 Å². The van der Waals surface area contributed by atoms with Gasteiger partial charge in [0, 0.05) is 13.1 Å². The maximum Gasteiger partial charge on any atom is 0.239 e. The van der Waals surface area contributed by atoms with Crippen molar-refractivity contribution in [2.45, 2.75) is 44.9 Å². The maximum absolute atomic E-state index is 12.1. The fourth-order valence-corrected chi connectivity index (χ4v) is 3.54. The topological polar surface area (TPSA) is 80.5 Å². The lowest BCUT2D eigenvalue weighted by molar-refractivity contribution is -0.133. The summed E-state index contributed by atoms with van der Waals surface area (Å²) in [6.45, 7) is 7.84. The molecule has 1 atom stereocenters. The van der Waals surface area contributed by atoms with Gasteiger partial charge in [-0.1, -0.05) is 13.8 Å². The number of amides is 1. The van der Waals surface area contributed by atoms with Crippen molar-refractivity contribution in [3.05, 3.63) is 0 Å². The zero-order valence-electron chi connectivity index (χ0n) is 12.0. The van der Waals surface area contributed by atoms with Crippen LogP contribution in [0, 0.1) is 5.92 Å². The van der Waals surface area contributed by atoms with Crippen molar-refractivity contribution in [3.63, 3.8) is 0 Å². The summed E-state index contributed by atoms with van der Waals surface area (Å²) in [7, 11) is -3.11. The largest absolute Gasteiger partial charge is 0.339 e. The fourth-order valence-electron chi connectivity index (χ4n) is 2.18. The predicted octanol–water partition coefficient (Wildman–Crippen LogP) is 0.817. The van der Waals surface area contributed by atoms with Gasteiger partial charge in [0.1, 0.15) is 0 Å². The lowest BCUT2D eigenvalue weighted by Gasteiger charge is -2.38. The van der Waals surface area contributed by atoms with Gasteiger partial charge in [-0.3, -0.25) is 4.79 Å². The van der Waals surface area contributed by atoms with Crippen LogP contribution in [0.5, 0.6) is 0 Å². The summed E-state index contributed by atoms with van der Waals surface area (Å²) < 4.78 is 22.8. The fraction of sp³-hybridized carbons (Fsp3) is 0.917. The van der Waals surface area contributed by atoms with E-state index in [-0.39, 0.29) is 37.2 Å². The van der Waals surface area contributed by atoms with Crippen LogP contribution in [0.4, 0.5) is 0 Å². The number of nitrogens with zero attached hydrogens (tertiary/aromatic N) is 1. The number of nitrogens with two attached hydrogens (primary N) is 1. The summed E-state index contributed by atoms with van der Waals surface area (Å²) in [5.74, 6) is 0.248. The number of hydrogen-bond acceptors (Lipinski definition) is 4. The maximum atomic E-state index is 12.1. The molecule has 0 aliphatic carbocycles. The molecule has 0 radical (unpaired) electrons. The molecule has 0 aromatic rings. The molecule has 1 heterocycles. The lowest BCUT2D eigenvalue weighted by Crippen LogP contribution is -2.57. The average molecular weight is 313 g/mol. The van der Waals surface area contributed by atoms with E-state index < -0.39 is 20.6 Å². The molecule has 0 aromatic heterocycles. The van der Waals surface area contributed by atoms with Gasteiger partial charge in [-0.05, 0) is 26.2 Å². The third-order valence-corrected chi connectivity index (χ3v) is 5.93. The Bertz CT molecular complexity index is 421. The highest BCUT2D eigenvalue weighted by atomic mass is 35.5. The van der Waals surface area contributed by atoms with Gasteiger partial charge in [-0.15, -0.1) is 12.4 Å². The molecule has 1 rings (SSSR count). The normalized spacial score (nSPS) is 22.7. The highest BCUT2D eigenvalue weighted by molar-refractivity contribution is 7.92. The van der Waals surface area contributed by atoms with Crippen molar-refractivity contribution in [3.8, 4) is 0 Å². The third kappa shape index (κ3) is 4.33. The van der Waals surface area contributed by atoms with Gasteiger partial charge in [-0.2, -0.15) is 0 Å². The Hall–Kier alpha value is -0.330. The molecule has 1 saturated heterocycles. The summed E-state index contributed by atoms with van der Waals surface area (Å²) in [5.41, 5.74) is 5.86. The van der Waals surface area contributed by atoms with Gasteiger partial charge in [0.05, 0.1) is 16.5 Å². The Balaban J connectivity index is 0.00000324. The second-order valence-corrected chi connectivity index (χ2v) is 8.82. The molecule has 0 saturated carbocycles. The van der Waals surface area contributed by atoms with E-state index in [1.165, 1.54) is 0 Å². The molecule has 1 amide bonds. The number of rotatable bonds is 3. The molecule has 1 aliphatic rings. The second kappa shape index (κ2) is 6.41. The highest BCUT2D eigenvalue weighted by Gasteiger charge is 2.42. The van der Waals surface area contributed by atoms with Crippen molar-refractivity contribution in [1.82, 2.24) is 4.90 Å². The summed E-state index contributed by atoms with van der Waals surface area (Å²) in [4.78, 5) is 13.7. The molecule has 0 bridgehead atoms. The molecule has 114 valence electrons. The Morgan fingerprint density at radius 1 is 1.37 bits per heavy atom. The summed E-state index contributed by atoms with van der Waals surface area (Å²) >= 11 is 0. The number of halogens is 1. The van der Waals surface area contributed by atoms with Crippen LogP contribution in [0.15, 0.2) is 0 Å². The Labute approximate surface area is 122 Å². The molecular weight excluding hydrogens is 288 g/mol. The van der Waals surface area contributed by atoms with Crippen LogP contribution >= 0.6 is 12.4 Å². The van der Waals surface area contributed by atoms with E-state index in [2.05, 4.69) is 0 Å². The molecule has 2 N–H and O–H groups in total. The summed E-state index contributed by atoms with van der Waals surface area (Å²) in [5, 5.41) is 0. The zero-order valence-corrected chi connectivity index (χ0v) is 13.7. The quantitative estimate of drug-likeness (QED) is 0.836. The van der Waals surface area contributed by atoms with Crippen molar-refractivity contribution in [1.29, 1.82) is 0 Å². The van der Waals surface area contributed by atoms with Gasteiger partial charge >= 0.3 is 0 Å². The van der Waals surface area contributed by atoms with Gasteiger partial charge < -0.3 is 10.6 Å². The van der Waals surface area contributed by atoms with Gasteiger partial charge in [0.2, 0.25) is 5.91 Å². The Kier molecular flexibility index (Phi) is 6.30. The molecular formula is C12H25ClN2O3S. The van der Waals surface area contributed by atoms with Crippen LogP contribution in [0.1, 0.15) is 34.1 Å². The van der Waals surface area contributed by atoms with Gasteiger partial charge in [0.25, 0.3) is 0 Å². The first kappa shape index (κ1) is 18.7. The molecule has 5 nitrogen and oxygen atoms in total. The van der Waals surface area contributed by atoms with E-state index in [1.54, 1.807) is 18.7 Å². The number of sulfone groups is 1. The molecule has 1 aliphatic heterocycles. The molecule has 0 spiro atoms. The minimum atomic E-state index is -3.11. The van der Waals surface area contributed by atoms with E-state index in [0.717, 1.165) is 0 Å². The number of carbonyl (C=O) groups excluding carboxylic acids is 1. The molecule has 7 heteroatoms. The van der Waals surface area contributed by atoms with E-state index in [4.69, 9.17) is 5.73 Å². The minimum Gasteiger partial charge on any atom is -0.339 e. The van der Waals surface area contributed by atoms with Crippen LogP contribution in [0.3, 0.4) is 0 Å². The van der Waals surface area contributed by atoms with Crippen molar-refractivity contribution >= 4 is 28.2 Å². The molecule has 0 unspecified atom stereocenters. The monoisotopic (exact) mass is 312 g/mol. The Morgan fingerprint density at radius 3 is 2.32 bits per heavy atom. The summed E-state index contributed by atoms with van der Waals surface area (Å²) in [6, 6.07) is -0.526. The first-order valence-corrected chi connectivity index (χ1v) is 7.99. The van der Waals surface area contributed by atoms with Crippen molar-refractivity contribution in [2.75, 3.05) is 18.8 Å². The SMILES string of the molecule is CC(C)C[C@H](N)C(=O)N1CCS(=O)(=O)C(C)(C)C1.Cl. The third-order valence-electron chi connectivity index (χ3n) is 3.40. The van der Waals surface area contributed by atoms with Crippen molar-refractivity contribution < 1.29 is 13.2 Å². The van der Waals surface area contributed by atoms with Crippen LogP contribution in [0.2, 0.25) is 0 Å². The highest BCUT2D eigenvalue weighted by Crippen LogP contribution is 2.24. The summed E-state index contributed by atoms with van der Waals surface area (Å²) in [6.07, 6.45) is 0.627. The van der Waals surface area contributed by atoms with Gasteiger partial charge in [0.15, 0.2) is 9.84 Å². The van der Waals surface area contributed by atoms with Crippen LogP contribution < -0.4 is 5.73 Å². The molecule has 19 heavy (non-hydrogen) atoms. The zero-order chi connectivity index (χ0) is 14.1. The first-order chi connectivity index (χ1) is 8.07. The Morgan fingerprint density at radius 2 is 1.89 bits per heavy atom. The standard InChI is InChI=1S/C12H24N2O3S.ClH/c1-9(2)7-10(13)11(15)14-5-6-18(16,17)12(3,4)8-14;/h9-10H,5-8,13H2,1-4H3;1H/t10-;/m0./s1. The molecule has 1 fully saturated rings. The van der Waals surface area contributed by atoms with Crippen LogP contribution in [-0.2, 0) is 14.6 Å². The molecule has 0 aromatic carbocycles. The second-order valence-electron chi connectivity index (χ2n) is 6.07. The van der Waals surface area contributed by atoms with E-state index in [0.29, 0.717) is 12.3 Å². The smallest absolute Gasteiger partial charge is 0.239 e. The lowest BCUT2D eigenvalue weighted by atomic mass is 10.0. The number of carbonyl (C=O) groups is 1. The first-order valence-electron chi connectivity index (χ1n) is 6.33. The average Bonchev–Trinajstić information content (AvgIpc) is 2.20. The predicted molar refractivity (Wildman–Crippen MR) is 79.1 cm³/mol. The van der Waals surface area contributed by atoms with E-state index in [9.17, 15) is 13.2 Å². The minimum absolute atomic E-state index is 0. The van der Waals surface area contributed by atoms with Crippen LogP contribution in [-0.4, -0.2) is 48.9 Å².